The molecule has 0 aliphatic heterocycles. The van der Waals surface area contributed by atoms with E-state index in [2.05, 4.69) is 9.97 Å². The van der Waals surface area contributed by atoms with Gasteiger partial charge in [-0.3, -0.25) is 4.79 Å². The second-order valence-corrected chi connectivity index (χ2v) is 7.71. The fraction of sp³-hybridized carbons (Fsp3) is 0.182. The summed E-state index contributed by atoms with van der Waals surface area (Å²) in [6, 6.07) is 13.1. The van der Waals surface area contributed by atoms with Gasteiger partial charge in [-0.15, -0.1) is 0 Å². The molecule has 0 bridgehead atoms. The number of ether oxygens (including phenoxy) is 2. The molecule has 0 unspecified atom stereocenters. The smallest absolute Gasteiger partial charge is 0.175 e. The Kier molecular flexibility index (Phi) is 6.03. The van der Waals surface area contributed by atoms with E-state index in [1.54, 1.807) is 14.2 Å². The molecule has 2 N–H and O–H groups in total. The van der Waals surface area contributed by atoms with Gasteiger partial charge in [-0.05, 0) is 41.9 Å². The number of nitrogens with zero attached hydrogens (tertiary/aromatic N) is 4. The van der Waals surface area contributed by atoms with Gasteiger partial charge < -0.3 is 19.8 Å². The maximum Gasteiger partial charge on any atom is 0.175 e. The van der Waals surface area contributed by atoms with Gasteiger partial charge in [0.15, 0.2) is 22.1 Å². The van der Waals surface area contributed by atoms with E-state index in [9.17, 15) is 4.79 Å². The van der Waals surface area contributed by atoms with Gasteiger partial charge in [0.1, 0.15) is 24.1 Å². The maximum absolute atomic E-state index is 10.9. The lowest BCUT2D eigenvalue weighted by Crippen LogP contribution is -2.05. The summed E-state index contributed by atoms with van der Waals surface area (Å²) in [6.07, 6.45) is 3.01. The summed E-state index contributed by atoms with van der Waals surface area (Å²) in [7, 11) is 3.25. The Hall–Kier alpha value is -3.59. The zero-order valence-corrected chi connectivity index (χ0v) is 17.9. The average Bonchev–Trinajstić information content (AvgIpc) is 3.16. The van der Waals surface area contributed by atoms with E-state index in [4.69, 9.17) is 20.2 Å². The average molecular weight is 436 g/mol. The van der Waals surface area contributed by atoms with Crippen molar-refractivity contribution in [2.24, 2.45) is 0 Å². The third kappa shape index (κ3) is 4.31. The monoisotopic (exact) mass is 435 g/mol. The van der Waals surface area contributed by atoms with Gasteiger partial charge in [0, 0.05) is 12.1 Å². The molecule has 2 aromatic carbocycles. The predicted molar refractivity (Wildman–Crippen MR) is 119 cm³/mol. The van der Waals surface area contributed by atoms with Gasteiger partial charge in [0.25, 0.3) is 0 Å². The van der Waals surface area contributed by atoms with Gasteiger partial charge in [-0.25, -0.2) is 15.0 Å². The zero-order valence-electron chi connectivity index (χ0n) is 17.1. The molecule has 2 heterocycles. The van der Waals surface area contributed by atoms with Crippen molar-refractivity contribution < 1.29 is 14.3 Å². The molecule has 2 aromatic heterocycles. The number of carbonyl (C=O) groups is 1. The number of aryl methyl sites for hydroxylation is 2. The minimum absolute atomic E-state index is 0.332. The lowest BCUT2D eigenvalue weighted by molar-refractivity contribution is 0.112. The quantitative estimate of drug-likeness (QED) is 0.418. The van der Waals surface area contributed by atoms with Crippen molar-refractivity contribution in [2.45, 2.75) is 23.0 Å². The second kappa shape index (κ2) is 9.05. The molecule has 0 saturated heterocycles. The molecule has 4 rings (SSSR count). The first-order chi connectivity index (χ1) is 15.1. The van der Waals surface area contributed by atoms with Crippen LogP contribution in [0.4, 0.5) is 5.82 Å². The topological polar surface area (TPSA) is 105 Å². The summed E-state index contributed by atoms with van der Waals surface area (Å²) in [6.45, 7) is 0.627. The van der Waals surface area contributed by atoms with Gasteiger partial charge in [-0.2, -0.15) is 0 Å². The molecule has 158 valence electrons. The summed E-state index contributed by atoms with van der Waals surface area (Å²) in [5, 5.41) is 0.721. The zero-order chi connectivity index (χ0) is 21.8. The number of rotatable bonds is 8. The fourth-order valence-electron chi connectivity index (χ4n) is 3.18. The minimum Gasteiger partial charge on any atom is -0.497 e. The van der Waals surface area contributed by atoms with Crippen LogP contribution in [0.5, 0.6) is 11.5 Å². The number of benzene rings is 2. The van der Waals surface area contributed by atoms with Gasteiger partial charge >= 0.3 is 0 Å². The van der Waals surface area contributed by atoms with Crippen LogP contribution < -0.4 is 15.2 Å². The third-order valence-corrected chi connectivity index (χ3v) is 5.87. The van der Waals surface area contributed by atoms with Crippen molar-refractivity contribution in [2.75, 3.05) is 20.0 Å². The number of imidazole rings is 1. The van der Waals surface area contributed by atoms with Gasteiger partial charge in [0.2, 0.25) is 0 Å². The number of methoxy groups -OCH3 is 2. The Morgan fingerprint density at radius 2 is 1.90 bits per heavy atom. The van der Waals surface area contributed by atoms with Gasteiger partial charge in [0.05, 0.1) is 19.1 Å². The first-order valence-electron chi connectivity index (χ1n) is 9.53. The first-order valence-corrected chi connectivity index (χ1v) is 10.3. The van der Waals surface area contributed by atoms with Crippen molar-refractivity contribution >= 4 is 35.0 Å². The minimum atomic E-state index is 0.332. The van der Waals surface area contributed by atoms with E-state index in [0.29, 0.717) is 34.8 Å². The SMILES string of the molecule is COc1ccc(OC)c(Sc2nc3c(N)ncnc3n2CCc2ccc(C=O)cc2)c1. The number of carbonyl (C=O) groups excluding carboxylic acids is 1. The molecule has 0 atom stereocenters. The fourth-order valence-corrected chi connectivity index (χ4v) is 4.23. The number of aldehydes is 1. The highest BCUT2D eigenvalue weighted by molar-refractivity contribution is 7.99. The van der Waals surface area contributed by atoms with Crippen molar-refractivity contribution in [1.82, 2.24) is 19.5 Å². The number of anilines is 1. The normalized spacial score (nSPS) is 10.9. The maximum atomic E-state index is 10.9. The van der Waals surface area contributed by atoms with Crippen LogP contribution in [0.2, 0.25) is 0 Å². The molecule has 0 spiro atoms. The molecule has 0 saturated carbocycles. The molecule has 0 radical (unpaired) electrons. The van der Waals surface area contributed by atoms with Gasteiger partial charge in [-0.1, -0.05) is 24.3 Å². The molecule has 9 heteroatoms. The number of hydrogen-bond acceptors (Lipinski definition) is 8. The molecule has 0 aliphatic rings. The molecule has 0 fully saturated rings. The lowest BCUT2D eigenvalue weighted by atomic mass is 10.1. The van der Waals surface area contributed by atoms with E-state index in [1.165, 1.54) is 18.1 Å². The molecular weight excluding hydrogens is 414 g/mol. The molecule has 0 aliphatic carbocycles. The number of hydrogen-bond donors (Lipinski definition) is 1. The number of nitrogens with two attached hydrogens (primary N) is 1. The Morgan fingerprint density at radius 1 is 1.10 bits per heavy atom. The van der Waals surface area contributed by atoms with Crippen molar-refractivity contribution in [3.8, 4) is 11.5 Å². The standard InChI is InChI=1S/C22H21N5O3S/c1-29-16-7-8-17(30-2)18(11-16)31-22-26-19-20(23)24-13-25-21(19)27(22)10-9-14-3-5-15(12-28)6-4-14/h3-8,11-13H,9-10H2,1-2H3,(H2,23,24,25). The summed E-state index contributed by atoms with van der Waals surface area (Å²) in [5.41, 5.74) is 9.04. The second-order valence-electron chi connectivity index (χ2n) is 6.71. The van der Waals surface area contributed by atoms with E-state index >= 15 is 0 Å². The highest BCUT2D eigenvalue weighted by Crippen LogP contribution is 2.38. The van der Waals surface area contributed by atoms with Crippen LogP contribution in [-0.2, 0) is 13.0 Å². The number of fused-ring (bicyclic) bond motifs is 1. The summed E-state index contributed by atoms with van der Waals surface area (Å²) in [4.78, 5) is 25.0. The van der Waals surface area contributed by atoms with Crippen LogP contribution >= 0.6 is 11.8 Å². The summed E-state index contributed by atoms with van der Waals surface area (Å²) < 4.78 is 12.9. The van der Waals surface area contributed by atoms with Crippen molar-refractivity contribution in [3.63, 3.8) is 0 Å². The van der Waals surface area contributed by atoms with Crippen LogP contribution in [0, 0.1) is 0 Å². The lowest BCUT2D eigenvalue weighted by Gasteiger charge is -2.12. The highest BCUT2D eigenvalue weighted by atomic mass is 32.2. The number of nitrogen functional groups attached to an aromatic ring is 1. The predicted octanol–water partition coefficient (Wildman–Crippen LogP) is 3.63. The first kappa shape index (κ1) is 20.7. The molecule has 0 amide bonds. The Bertz CT molecular complexity index is 1220. The molecule has 4 aromatic rings. The van der Waals surface area contributed by atoms with Crippen molar-refractivity contribution in [1.29, 1.82) is 0 Å². The van der Waals surface area contributed by atoms with E-state index in [0.717, 1.165) is 34.1 Å². The van der Waals surface area contributed by atoms with Crippen molar-refractivity contribution in [3.05, 3.63) is 59.9 Å². The summed E-state index contributed by atoms with van der Waals surface area (Å²) in [5.74, 6) is 1.77. The largest absolute Gasteiger partial charge is 0.497 e. The van der Waals surface area contributed by atoms with E-state index in [1.807, 2.05) is 47.0 Å². The Balaban J connectivity index is 1.71. The van der Waals surface area contributed by atoms with Crippen LogP contribution in [0.1, 0.15) is 15.9 Å². The van der Waals surface area contributed by atoms with Crippen LogP contribution in [0.15, 0.2) is 58.8 Å². The van der Waals surface area contributed by atoms with Crippen LogP contribution in [0.3, 0.4) is 0 Å². The summed E-state index contributed by atoms with van der Waals surface area (Å²) >= 11 is 1.45. The number of aromatic nitrogens is 4. The Labute approximate surface area is 183 Å². The molecule has 31 heavy (non-hydrogen) atoms. The molecular formula is C22H21N5O3S. The van der Waals surface area contributed by atoms with E-state index < -0.39 is 0 Å². The van der Waals surface area contributed by atoms with Crippen LogP contribution in [0.25, 0.3) is 11.2 Å². The van der Waals surface area contributed by atoms with E-state index in [-0.39, 0.29) is 0 Å². The molecule has 8 nitrogen and oxygen atoms in total. The Morgan fingerprint density at radius 3 is 2.61 bits per heavy atom. The highest BCUT2D eigenvalue weighted by Gasteiger charge is 2.18. The van der Waals surface area contributed by atoms with Crippen LogP contribution in [-0.4, -0.2) is 40.0 Å². The third-order valence-electron chi connectivity index (χ3n) is 4.84.